The van der Waals surface area contributed by atoms with Crippen LogP contribution in [0.2, 0.25) is 5.02 Å². The summed E-state index contributed by atoms with van der Waals surface area (Å²) in [5.74, 6) is 0.700. The van der Waals surface area contributed by atoms with E-state index in [0.29, 0.717) is 15.2 Å². The molecule has 0 heterocycles. The van der Waals surface area contributed by atoms with Crippen molar-refractivity contribution in [1.29, 1.82) is 0 Å². The number of para-hydroxylation sites is 1. The number of rotatable bonds is 6. The highest BCUT2D eigenvalue weighted by atomic mass is 79.9. The fourth-order valence-electron chi connectivity index (χ4n) is 1.59. The Bertz CT molecular complexity index is 707. The first-order valence-corrected chi connectivity index (χ1v) is 8.77. The summed E-state index contributed by atoms with van der Waals surface area (Å²) >= 11 is 9.05. The highest BCUT2D eigenvalue weighted by Gasteiger charge is 2.14. The molecule has 0 spiro atoms. The summed E-state index contributed by atoms with van der Waals surface area (Å²) in [6.45, 7) is 0.426. The van der Waals surface area contributed by atoms with Gasteiger partial charge in [-0.3, -0.25) is 0 Å². The SMILES string of the molecule is O=S(=O)(NCCOc1ccccc1)c1ccc(Cl)c(Br)c1. The quantitative estimate of drug-likeness (QED) is 0.769. The predicted molar refractivity (Wildman–Crippen MR) is 86.3 cm³/mol. The molecule has 0 aromatic heterocycles. The second-order valence-electron chi connectivity index (χ2n) is 4.14. The van der Waals surface area contributed by atoms with Gasteiger partial charge in [0, 0.05) is 11.0 Å². The Morgan fingerprint density at radius 2 is 1.86 bits per heavy atom. The van der Waals surface area contributed by atoms with Gasteiger partial charge in [0.05, 0.1) is 9.92 Å². The first kappa shape index (κ1) is 16.3. The van der Waals surface area contributed by atoms with E-state index in [0.717, 1.165) is 0 Å². The minimum Gasteiger partial charge on any atom is -0.492 e. The van der Waals surface area contributed by atoms with Crippen LogP contribution in [0.3, 0.4) is 0 Å². The van der Waals surface area contributed by atoms with Gasteiger partial charge in [-0.2, -0.15) is 0 Å². The molecule has 0 aliphatic carbocycles. The zero-order valence-corrected chi connectivity index (χ0v) is 14.1. The molecule has 1 N–H and O–H groups in total. The molecular weight excluding hydrogens is 378 g/mol. The first-order chi connectivity index (χ1) is 9.99. The molecule has 4 nitrogen and oxygen atoms in total. The van der Waals surface area contributed by atoms with Crippen molar-refractivity contribution in [2.75, 3.05) is 13.2 Å². The maximum Gasteiger partial charge on any atom is 0.240 e. The molecule has 21 heavy (non-hydrogen) atoms. The zero-order valence-electron chi connectivity index (χ0n) is 10.9. The molecule has 0 unspecified atom stereocenters. The number of nitrogens with one attached hydrogen (secondary N) is 1. The van der Waals surface area contributed by atoms with Crippen LogP contribution in [0.1, 0.15) is 0 Å². The molecule has 0 radical (unpaired) electrons. The summed E-state index contributed by atoms with van der Waals surface area (Å²) in [5, 5.41) is 0.460. The van der Waals surface area contributed by atoms with E-state index in [1.54, 1.807) is 0 Å². The highest BCUT2D eigenvalue weighted by molar-refractivity contribution is 9.10. The van der Waals surface area contributed by atoms with Gasteiger partial charge in [0.15, 0.2) is 0 Å². The van der Waals surface area contributed by atoms with Crippen molar-refractivity contribution in [3.8, 4) is 5.75 Å². The van der Waals surface area contributed by atoms with Gasteiger partial charge >= 0.3 is 0 Å². The molecule has 112 valence electrons. The van der Waals surface area contributed by atoms with E-state index in [1.165, 1.54) is 18.2 Å². The smallest absolute Gasteiger partial charge is 0.240 e. The van der Waals surface area contributed by atoms with Crippen LogP contribution in [-0.2, 0) is 10.0 Å². The van der Waals surface area contributed by atoms with Crippen LogP contribution >= 0.6 is 27.5 Å². The summed E-state index contributed by atoms with van der Waals surface area (Å²) in [6.07, 6.45) is 0. The molecule has 0 fully saturated rings. The summed E-state index contributed by atoms with van der Waals surface area (Å²) in [6, 6.07) is 13.6. The molecule has 7 heteroatoms. The number of hydrogen-bond acceptors (Lipinski definition) is 3. The lowest BCUT2D eigenvalue weighted by Crippen LogP contribution is -2.28. The second-order valence-corrected chi connectivity index (χ2v) is 7.16. The highest BCUT2D eigenvalue weighted by Crippen LogP contribution is 2.25. The molecule has 0 saturated heterocycles. The van der Waals surface area contributed by atoms with Crippen LogP contribution in [0.5, 0.6) is 5.75 Å². The van der Waals surface area contributed by atoms with Crippen LogP contribution in [0.4, 0.5) is 0 Å². The van der Waals surface area contributed by atoms with Gasteiger partial charge in [-0.1, -0.05) is 29.8 Å². The monoisotopic (exact) mass is 389 g/mol. The molecule has 0 aliphatic rings. The average molecular weight is 391 g/mol. The molecule has 0 aliphatic heterocycles. The number of halogens is 2. The van der Waals surface area contributed by atoms with E-state index in [1.807, 2.05) is 30.3 Å². The molecule has 0 amide bonds. The fraction of sp³-hybridized carbons (Fsp3) is 0.143. The Morgan fingerprint density at radius 3 is 2.52 bits per heavy atom. The lowest BCUT2D eigenvalue weighted by molar-refractivity contribution is 0.323. The largest absolute Gasteiger partial charge is 0.492 e. The van der Waals surface area contributed by atoms with Crippen molar-refractivity contribution in [3.05, 3.63) is 58.0 Å². The molecule has 0 atom stereocenters. The van der Waals surface area contributed by atoms with Crippen LogP contribution in [0, 0.1) is 0 Å². The summed E-state index contributed by atoms with van der Waals surface area (Å²) in [4.78, 5) is 0.151. The zero-order chi connectivity index (χ0) is 15.3. The van der Waals surface area contributed by atoms with Crippen LogP contribution in [0.15, 0.2) is 57.9 Å². The minimum atomic E-state index is -3.57. The second kappa shape index (κ2) is 7.26. The number of ether oxygens (including phenoxy) is 1. The predicted octanol–water partition coefficient (Wildman–Crippen LogP) is 3.46. The average Bonchev–Trinajstić information content (AvgIpc) is 2.47. The van der Waals surface area contributed by atoms with Gasteiger partial charge in [0.2, 0.25) is 10.0 Å². The van der Waals surface area contributed by atoms with E-state index < -0.39 is 10.0 Å². The molecule has 2 aromatic carbocycles. The van der Waals surface area contributed by atoms with Crippen LogP contribution in [-0.4, -0.2) is 21.6 Å². The maximum atomic E-state index is 12.1. The number of sulfonamides is 1. The van der Waals surface area contributed by atoms with Gasteiger partial charge in [-0.15, -0.1) is 0 Å². The van der Waals surface area contributed by atoms with Crippen molar-refractivity contribution in [1.82, 2.24) is 4.72 Å². The first-order valence-electron chi connectivity index (χ1n) is 6.11. The third-order valence-corrected chi connectivity index (χ3v) is 5.28. The lowest BCUT2D eigenvalue weighted by Gasteiger charge is -2.09. The minimum absolute atomic E-state index is 0.151. The standard InChI is InChI=1S/C14H13BrClNO3S/c15-13-10-12(6-7-14(13)16)21(18,19)17-8-9-20-11-4-2-1-3-5-11/h1-7,10,17H,8-9H2. The van der Waals surface area contributed by atoms with Crippen molar-refractivity contribution in [2.24, 2.45) is 0 Å². The van der Waals surface area contributed by atoms with Crippen molar-refractivity contribution in [2.45, 2.75) is 4.90 Å². The number of benzene rings is 2. The van der Waals surface area contributed by atoms with Gasteiger partial charge in [-0.05, 0) is 46.3 Å². The van der Waals surface area contributed by atoms with Gasteiger partial charge < -0.3 is 4.74 Å². The molecule has 0 saturated carbocycles. The van der Waals surface area contributed by atoms with Crippen LogP contribution in [0.25, 0.3) is 0 Å². The van der Waals surface area contributed by atoms with Gasteiger partial charge in [0.25, 0.3) is 0 Å². The topological polar surface area (TPSA) is 55.4 Å². The van der Waals surface area contributed by atoms with E-state index in [9.17, 15) is 8.42 Å². The van der Waals surface area contributed by atoms with Gasteiger partial charge in [0.1, 0.15) is 12.4 Å². The lowest BCUT2D eigenvalue weighted by atomic mass is 10.3. The Kier molecular flexibility index (Phi) is 5.64. The fourth-order valence-corrected chi connectivity index (χ4v) is 3.28. The Balaban J connectivity index is 1.91. The molecule has 2 rings (SSSR count). The summed E-state index contributed by atoms with van der Waals surface area (Å²) in [5.41, 5.74) is 0. The van der Waals surface area contributed by atoms with E-state index in [4.69, 9.17) is 16.3 Å². The van der Waals surface area contributed by atoms with Crippen LogP contribution < -0.4 is 9.46 Å². The van der Waals surface area contributed by atoms with E-state index >= 15 is 0 Å². The summed E-state index contributed by atoms with van der Waals surface area (Å²) < 4.78 is 32.6. The Morgan fingerprint density at radius 1 is 1.14 bits per heavy atom. The van der Waals surface area contributed by atoms with Crippen molar-refractivity contribution < 1.29 is 13.2 Å². The molecule has 0 bridgehead atoms. The van der Waals surface area contributed by atoms with E-state index in [-0.39, 0.29) is 18.0 Å². The third-order valence-electron chi connectivity index (χ3n) is 2.61. The summed E-state index contributed by atoms with van der Waals surface area (Å²) in [7, 11) is -3.57. The van der Waals surface area contributed by atoms with E-state index in [2.05, 4.69) is 20.7 Å². The van der Waals surface area contributed by atoms with Gasteiger partial charge in [-0.25, -0.2) is 13.1 Å². The normalized spacial score (nSPS) is 11.3. The Hall–Kier alpha value is -1.08. The molecule has 2 aromatic rings. The third kappa shape index (κ3) is 4.71. The molecular formula is C14H13BrClNO3S. The Labute approximate surface area is 137 Å². The maximum absolute atomic E-state index is 12.1. The van der Waals surface area contributed by atoms with Crippen molar-refractivity contribution in [3.63, 3.8) is 0 Å². The van der Waals surface area contributed by atoms with Crippen molar-refractivity contribution >= 4 is 37.6 Å². The number of hydrogen-bond donors (Lipinski definition) is 1.